The van der Waals surface area contributed by atoms with Crippen LogP contribution in [0.1, 0.15) is 48.0 Å². The third kappa shape index (κ3) is 5.11. The molecule has 0 aliphatic heterocycles. The van der Waals surface area contributed by atoms with Crippen molar-refractivity contribution in [2.24, 2.45) is 5.10 Å². The van der Waals surface area contributed by atoms with Gasteiger partial charge in [0.05, 0.1) is 18.9 Å². The van der Waals surface area contributed by atoms with Crippen LogP contribution in [0.5, 0.6) is 0 Å². The average Bonchev–Trinajstić information content (AvgIpc) is 2.55. The van der Waals surface area contributed by atoms with E-state index < -0.39 is 0 Å². The van der Waals surface area contributed by atoms with Crippen molar-refractivity contribution in [3.8, 4) is 0 Å². The molecule has 0 bridgehead atoms. The molecule has 1 aliphatic rings. The zero-order chi connectivity index (χ0) is 15.8. The molecule has 1 aliphatic carbocycles. The van der Waals surface area contributed by atoms with Crippen LogP contribution in [-0.2, 0) is 4.74 Å². The molecule has 0 heterocycles. The van der Waals surface area contributed by atoms with E-state index in [0.29, 0.717) is 16.7 Å². The summed E-state index contributed by atoms with van der Waals surface area (Å²) < 4.78 is 4.65. The molecule has 0 atom stereocenters. The second-order valence-electron chi connectivity index (χ2n) is 5.29. The molecule has 1 fully saturated rings. The quantitative estimate of drug-likeness (QED) is 0.386. The van der Waals surface area contributed by atoms with Crippen LogP contribution in [0, 0.1) is 0 Å². The second kappa shape index (κ2) is 8.48. The summed E-state index contributed by atoms with van der Waals surface area (Å²) in [6.45, 7) is 0. The number of hydrazone groups is 1. The van der Waals surface area contributed by atoms with Crippen LogP contribution in [-0.4, -0.2) is 30.4 Å². The van der Waals surface area contributed by atoms with Gasteiger partial charge in [0.1, 0.15) is 0 Å². The van der Waals surface area contributed by atoms with E-state index in [0.717, 1.165) is 5.56 Å². The minimum Gasteiger partial charge on any atom is -0.465 e. The zero-order valence-electron chi connectivity index (χ0n) is 12.7. The lowest BCUT2D eigenvalue weighted by atomic mass is 9.96. The van der Waals surface area contributed by atoms with Crippen LogP contribution < -0.4 is 10.7 Å². The van der Waals surface area contributed by atoms with Crippen LogP contribution in [0.2, 0.25) is 0 Å². The molecular weight excluding hydrogens is 298 g/mol. The second-order valence-corrected chi connectivity index (χ2v) is 5.70. The van der Waals surface area contributed by atoms with Crippen LogP contribution in [0.25, 0.3) is 0 Å². The number of ether oxygens (including phenoxy) is 1. The van der Waals surface area contributed by atoms with E-state index in [4.69, 9.17) is 12.2 Å². The smallest absolute Gasteiger partial charge is 0.337 e. The molecule has 2 rings (SSSR count). The Hall–Kier alpha value is -1.95. The lowest BCUT2D eigenvalue weighted by Gasteiger charge is -2.23. The Balaban J connectivity index is 1.78. The monoisotopic (exact) mass is 319 g/mol. The van der Waals surface area contributed by atoms with Crippen molar-refractivity contribution in [3.63, 3.8) is 0 Å². The van der Waals surface area contributed by atoms with Gasteiger partial charge in [0.25, 0.3) is 0 Å². The van der Waals surface area contributed by atoms with Crippen molar-refractivity contribution in [1.29, 1.82) is 0 Å². The highest BCUT2D eigenvalue weighted by molar-refractivity contribution is 7.80. The highest BCUT2D eigenvalue weighted by atomic mass is 32.1. The third-order valence-electron chi connectivity index (χ3n) is 3.65. The predicted molar refractivity (Wildman–Crippen MR) is 91.1 cm³/mol. The van der Waals surface area contributed by atoms with Gasteiger partial charge in [-0.25, -0.2) is 4.79 Å². The van der Waals surface area contributed by atoms with Gasteiger partial charge in [0.2, 0.25) is 0 Å². The number of rotatable bonds is 4. The number of hydrogen-bond donors (Lipinski definition) is 2. The predicted octanol–water partition coefficient (Wildman–Crippen LogP) is 2.60. The summed E-state index contributed by atoms with van der Waals surface area (Å²) in [6.07, 6.45) is 7.83. The molecule has 118 valence electrons. The maximum Gasteiger partial charge on any atom is 0.337 e. The van der Waals surface area contributed by atoms with E-state index in [1.807, 2.05) is 0 Å². The summed E-state index contributed by atoms with van der Waals surface area (Å²) in [5, 5.41) is 7.94. The van der Waals surface area contributed by atoms with Gasteiger partial charge in [0.15, 0.2) is 5.11 Å². The Bertz CT molecular complexity index is 537. The van der Waals surface area contributed by atoms with Crippen LogP contribution >= 0.6 is 12.2 Å². The van der Waals surface area contributed by atoms with Gasteiger partial charge in [-0.1, -0.05) is 31.4 Å². The summed E-state index contributed by atoms with van der Waals surface area (Å²) in [5.74, 6) is -0.348. The zero-order valence-corrected chi connectivity index (χ0v) is 13.5. The molecular formula is C16H21N3O2S. The lowest BCUT2D eigenvalue weighted by Crippen LogP contribution is -2.40. The number of nitrogens with zero attached hydrogens (tertiary/aromatic N) is 1. The maximum atomic E-state index is 11.3. The Labute approximate surface area is 136 Å². The van der Waals surface area contributed by atoms with Crippen LogP contribution in [0.15, 0.2) is 29.4 Å². The van der Waals surface area contributed by atoms with E-state index in [-0.39, 0.29) is 5.97 Å². The summed E-state index contributed by atoms with van der Waals surface area (Å²) >= 11 is 5.22. The normalized spacial score (nSPS) is 15.5. The summed E-state index contributed by atoms with van der Waals surface area (Å²) in [7, 11) is 1.36. The van der Waals surface area contributed by atoms with Crippen LogP contribution in [0.4, 0.5) is 0 Å². The van der Waals surface area contributed by atoms with Crippen LogP contribution in [0.3, 0.4) is 0 Å². The summed E-state index contributed by atoms with van der Waals surface area (Å²) in [4.78, 5) is 11.3. The molecule has 0 unspecified atom stereocenters. The summed E-state index contributed by atoms with van der Waals surface area (Å²) in [6, 6.07) is 7.46. The molecule has 0 radical (unpaired) electrons. The fourth-order valence-electron chi connectivity index (χ4n) is 2.45. The van der Waals surface area contributed by atoms with Crippen molar-refractivity contribution in [3.05, 3.63) is 35.4 Å². The van der Waals surface area contributed by atoms with Gasteiger partial charge in [0, 0.05) is 6.04 Å². The number of thiocarbonyl (C=S) groups is 1. The van der Waals surface area contributed by atoms with Gasteiger partial charge >= 0.3 is 5.97 Å². The highest BCUT2D eigenvalue weighted by Crippen LogP contribution is 2.17. The molecule has 1 saturated carbocycles. The van der Waals surface area contributed by atoms with Crippen molar-refractivity contribution < 1.29 is 9.53 Å². The number of methoxy groups -OCH3 is 1. The average molecular weight is 319 g/mol. The molecule has 0 amide bonds. The fraction of sp³-hybridized carbons (Fsp3) is 0.438. The van der Waals surface area contributed by atoms with E-state index in [2.05, 4.69) is 20.6 Å². The number of carbonyl (C=O) groups is 1. The van der Waals surface area contributed by atoms with E-state index in [1.54, 1.807) is 30.5 Å². The SMILES string of the molecule is COC(=O)c1ccc(/C=N\NC(=S)NC2CCCCC2)cc1. The minimum absolute atomic E-state index is 0.348. The summed E-state index contributed by atoms with van der Waals surface area (Å²) in [5.41, 5.74) is 4.22. The first-order chi connectivity index (χ1) is 10.7. The van der Waals surface area contributed by atoms with Crippen molar-refractivity contribution in [1.82, 2.24) is 10.7 Å². The van der Waals surface area contributed by atoms with Gasteiger partial charge in [-0.3, -0.25) is 5.43 Å². The molecule has 1 aromatic rings. The number of esters is 1. The Morgan fingerprint density at radius 2 is 1.95 bits per heavy atom. The first-order valence-electron chi connectivity index (χ1n) is 7.47. The number of benzene rings is 1. The van der Waals surface area contributed by atoms with E-state index in [9.17, 15) is 4.79 Å². The molecule has 0 spiro atoms. The standard InChI is InChI=1S/C16H21N3O2S/c1-21-15(20)13-9-7-12(8-10-13)11-17-19-16(22)18-14-5-3-2-4-6-14/h7-11,14H,2-6H2,1H3,(H2,18,19,22)/b17-11-. The molecule has 22 heavy (non-hydrogen) atoms. The molecule has 0 aromatic heterocycles. The molecule has 5 nitrogen and oxygen atoms in total. The largest absolute Gasteiger partial charge is 0.465 e. The van der Waals surface area contributed by atoms with Crippen molar-refractivity contribution >= 4 is 29.5 Å². The van der Waals surface area contributed by atoms with Crippen molar-refractivity contribution in [2.45, 2.75) is 38.1 Å². The number of carbonyl (C=O) groups excluding carboxylic acids is 1. The van der Waals surface area contributed by atoms with Gasteiger partial charge in [-0.05, 0) is 42.8 Å². The first kappa shape index (κ1) is 16.4. The minimum atomic E-state index is -0.348. The van der Waals surface area contributed by atoms with Gasteiger partial charge in [-0.15, -0.1) is 0 Å². The Kier molecular flexibility index (Phi) is 6.33. The maximum absolute atomic E-state index is 11.3. The molecule has 2 N–H and O–H groups in total. The molecule has 0 saturated heterocycles. The topological polar surface area (TPSA) is 62.7 Å². The van der Waals surface area contributed by atoms with E-state index in [1.165, 1.54) is 39.2 Å². The lowest BCUT2D eigenvalue weighted by molar-refractivity contribution is 0.0600. The third-order valence-corrected chi connectivity index (χ3v) is 3.86. The fourth-order valence-corrected chi connectivity index (χ4v) is 2.67. The number of nitrogens with one attached hydrogen (secondary N) is 2. The molecule has 1 aromatic carbocycles. The Morgan fingerprint density at radius 3 is 2.59 bits per heavy atom. The Morgan fingerprint density at radius 1 is 1.27 bits per heavy atom. The number of hydrogen-bond acceptors (Lipinski definition) is 4. The van der Waals surface area contributed by atoms with Crippen molar-refractivity contribution in [2.75, 3.05) is 7.11 Å². The van der Waals surface area contributed by atoms with Gasteiger partial charge < -0.3 is 10.1 Å². The first-order valence-corrected chi connectivity index (χ1v) is 7.88. The molecule has 6 heteroatoms. The van der Waals surface area contributed by atoms with E-state index >= 15 is 0 Å². The highest BCUT2D eigenvalue weighted by Gasteiger charge is 2.13. The van der Waals surface area contributed by atoms with Gasteiger partial charge in [-0.2, -0.15) is 5.10 Å².